The van der Waals surface area contributed by atoms with Crippen LogP contribution in [0.15, 0.2) is 11.2 Å². The minimum atomic E-state index is -0.350. The zero-order valence-electron chi connectivity index (χ0n) is 7.50. The van der Waals surface area contributed by atoms with E-state index in [1.807, 2.05) is 0 Å². The molecule has 0 saturated heterocycles. The summed E-state index contributed by atoms with van der Waals surface area (Å²) in [5.41, 5.74) is 8.26. The van der Waals surface area contributed by atoms with Crippen molar-refractivity contribution in [1.82, 2.24) is 10.3 Å². The maximum Gasteiger partial charge on any atom is 0.267 e. The maximum absolute atomic E-state index is 11.4. The SMILES string of the molecule is [N-]=[N+]=NCCNC(=O)c1cc(Cl)c(Cl)[nH]1. The van der Waals surface area contributed by atoms with E-state index in [-0.39, 0.29) is 34.9 Å². The van der Waals surface area contributed by atoms with Gasteiger partial charge < -0.3 is 10.3 Å². The van der Waals surface area contributed by atoms with Crippen LogP contribution in [0.25, 0.3) is 10.4 Å². The van der Waals surface area contributed by atoms with Crippen LogP contribution < -0.4 is 5.32 Å². The molecule has 0 fully saturated rings. The molecular formula is C7H7Cl2N5O. The van der Waals surface area contributed by atoms with Gasteiger partial charge in [-0.25, -0.2) is 0 Å². The van der Waals surface area contributed by atoms with Crippen molar-refractivity contribution >= 4 is 29.1 Å². The average Bonchev–Trinajstić information content (AvgIpc) is 2.54. The maximum atomic E-state index is 11.4. The largest absolute Gasteiger partial charge is 0.351 e. The third kappa shape index (κ3) is 3.36. The van der Waals surface area contributed by atoms with Crippen LogP contribution in [0.3, 0.4) is 0 Å². The fourth-order valence-corrected chi connectivity index (χ4v) is 1.20. The number of aromatic nitrogens is 1. The highest BCUT2D eigenvalue weighted by molar-refractivity contribution is 6.41. The molecule has 8 heteroatoms. The summed E-state index contributed by atoms with van der Waals surface area (Å²) < 4.78 is 0. The topological polar surface area (TPSA) is 93.7 Å². The predicted octanol–water partition coefficient (Wildman–Crippen LogP) is 2.36. The van der Waals surface area contributed by atoms with Gasteiger partial charge in [0, 0.05) is 18.0 Å². The van der Waals surface area contributed by atoms with Crippen molar-refractivity contribution < 1.29 is 4.79 Å². The van der Waals surface area contributed by atoms with Crippen LogP contribution in [-0.4, -0.2) is 24.0 Å². The Morgan fingerprint density at radius 2 is 2.40 bits per heavy atom. The van der Waals surface area contributed by atoms with E-state index >= 15 is 0 Å². The number of hydrogen-bond donors (Lipinski definition) is 2. The summed E-state index contributed by atoms with van der Waals surface area (Å²) in [7, 11) is 0. The first-order valence-corrected chi connectivity index (χ1v) is 4.74. The van der Waals surface area contributed by atoms with Crippen LogP contribution in [0.1, 0.15) is 10.5 Å². The molecule has 1 aromatic heterocycles. The molecule has 6 nitrogen and oxygen atoms in total. The number of azide groups is 1. The van der Waals surface area contributed by atoms with Gasteiger partial charge in [0.1, 0.15) is 10.8 Å². The van der Waals surface area contributed by atoms with E-state index in [4.69, 9.17) is 28.7 Å². The lowest BCUT2D eigenvalue weighted by Crippen LogP contribution is -2.26. The third-order valence-electron chi connectivity index (χ3n) is 1.53. The zero-order chi connectivity index (χ0) is 11.3. The minimum absolute atomic E-state index is 0.199. The number of nitrogens with zero attached hydrogens (tertiary/aromatic N) is 3. The third-order valence-corrected chi connectivity index (χ3v) is 2.22. The molecule has 1 amide bonds. The molecule has 2 N–H and O–H groups in total. The van der Waals surface area contributed by atoms with Gasteiger partial charge in [-0.2, -0.15) is 0 Å². The summed E-state index contributed by atoms with van der Waals surface area (Å²) in [6.45, 7) is 0.460. The Bertz CT molecular complexity index is 390. The number of carbonyl (C=O) groups excluding carboxylic acids is 1. The average molecular weight is 248 g/mol. The molecule has 0 aliphatic heterocycles. The molecule has 0 unspecified atom stereocenters. The molecule has 0 radical (unpaired) electrons. The van der Waals surface area contributed by atoms with Gasteiger partial charge in [-0.3, -0.25) is 4.79 Å². The number of rotatable bonds is 4. The first-order valence-electron chi connectivity index (χ1n) is 3.98. The number of hydrogen-bond acceptors (Lipinski definition) is 2. The summed E-state index contributed by atoms with van der Waals surface area (Å²) in [6.07, 6.45) is 0. The summed E-state index contributed by atoms with van der Waals surface area (Å²) in [4.78, 5) is 16.5. The van der Waals surface area contributed by atoms with Crippen LogP contribution in [-0.2, 0) is 0 Å². The molecule has 0 atom stereocenters. The standard InChI is InChI=1S/C7H7Cl2N5O/c8-4-3-5(13-6(4)9)7(15)11-1-2-12-14-10/h3,13H,1-2H2,(H,11,15). The molecule has 1 rings (SSSR count). The van der Waals surface area contributed by atoms with Crippen LogP contribution >= 0.6 is 23.2 Å². The quantitative estimate of drug-likeness (QED) is 0.364. The highest BCUT2D eigenvalue weighted by atomic mass is 35.5. The number of carbonyl (C=O) groups is 1. The lowest BCUT2D eigenvalue weighted by atomic mass is 10.4. The smallest absolute Gasteiger partial charge is 0.267 e. The van der Waals surface area contributed by atoms with Crippen molar-refractivity contribution in [3.05, 3.63) is 32.4 Å². The fraction of sp³-hybridized carbons (Fsp3) is 0.286. The van der Waals surface area contributed by atoms with Gasteiger partial charge in [0.05, 0.1) is 5.02 Å². The Labute approximate surface area is 95.2 Å². The zero-order valence-corrected chi connectivity index (χ0v) is 9.01. The molecule has 0 saturated carbocycles. The van der Waals surface area contributed by atoms with Gasteiger partial charge in [-0.15, -0.1) is 0 Å². The van der Waals surface area contributed by atoms with E-state index in [1.54, 1.807) is 0 Å². The van der Waals surface area contributed by atoms with Crippen molar-refractivity contribution in [2.24, 2.45) is 5.11 Å². The van der Waals surface area contributed by atoms with Crippen molar-refractivity contribution in [3.8, 4) is 0 Å². The number of amides is 1. The molecule has 1 aromatic rings. The molecule has 1 heterocycles. The Balaban J connectivity index is 2.50. The molecule has 0 spiro atoms. The molecule has 0 aliphatic rings. The Morgan fingerprint density at radius 1 is 1.67 bits per heavy atom. The van der Waals surface area contributed by atoms with Gasteiger partial charge in [0.15, 0.2) is 0 Å². The van der Waals surface area contributed by atoms with E-state index in [9.17, 15) is 4.79 Å². The molecule has 15 heavy (non-hydrogen) atoms. The van der Waals surface area contributed by atoms with Gasteiger partial charge >= 0.3 is 0 Å². The van der Waals surface area contributed by atoms with Gasteiger partial charge in [-0.05, 0) is 11.6 Å². The summed E-state index contributed by atoms with van der Waals surface area (Å²) in [5.74, 6) is -0.350. The van der Waals surface area contributed by atoms with Crippen LogP contribution in [0.5, 0.6) is 0 Å². The second-order valence-electron chi connectivity index (χ2n) is 2.56. The summed E-state index contributed by atoms with van der Waals surface area (Å²) >= 11 is 11.3. The lowest BCUT2D eigenvalue weighted by molar-refractivity contribution is 0.0950. The predicted molar refractivity (Wildman–Crippen MR) is 57.2 cm³/mol. The monoisotopic (exact) mass is 247 g/mol. The van der Waals surface area contributed by atoms with Crippen LogP contribution in [0.4, 0.5) is 0 Å². The van der Waals surface area contributed by atoms with Crippen molar-refractivity contribution in [2.75, 3.05) is 13.1 Å². The number of aromatic amines is 1. The summed E-state index contributed by atoms with van der Waals surface area (Å²) in [5, 5.41) is 6.29. The Kier molecular flexibility index (Phi) is 4.30. The van der Waals surface area contributed by atoms with Crippen molar-refractivity contribution in [2.45, 2.75) is 0 Å². The highest BCUT2D eigenvalue weighted by Crippen LogP contribution is 2.21. The molecule has 80 valence electrons. The number of halogens is 2. The first kappa shape index (κ1) is 11.7. The number of H-pyrrole nitrogens is 1. The molecule has 0 bridgehead atoms. The first-order chi connectivity index (χ1) is 7.15. The second-order valence-corrected chi connectivity index (χ2v) is 3.34. The van der Waals surface area contributed by atoms with E-state index in [2.05, 4.69) is 20.3 Å². The van der Waals surface area contributed by atoms with Crippen LogP contribution in [0, 0.1) is 0 Å². The molecule has 0 aromatic carbocycles. The number of nitrogens with one attached hydrogen (secondary N) is 2. The normalized spacial score (nSPS) is 9.47. The van der Waals surface area contributed by atoms with E-state index in [1.165, 1.54) is 6.07 Å². The van der Waals surface area contributed by atoms with Gasteiger partial charge in [0.25, 0.3) is 5.91 Å². The Morgan fingerprint density at radius 3 is 2.93 bits per heavy atom. The second kappa shape index (κ2) is 5.50. The van der Waals surface area contributed by atoms with E-state index in [0.29, 0.717) is 0 Å². The molecule has 0 aliphatic carbocycles. The van der Waals surface area contributed by atoms with Crippen molar-refractivity contribution in [3.63, 3.8) is 0 Å². The lowest BCUT2D eigenvalue weighted by Gasteiger charge is -1.99. The van der Waals surface area contributed by atoms with E-state index in [0.717, 1.165) is 0 Å². The fourth-order valence-electron chi connectivity index (χ4n) is 0.886. The van der Waals surface area contributed by atoms with Gasteiger partial charge in [0.2, 0.25) is 0 Å². The molecular weight excluding hydrogens is 241 g/mol. The van der Waals surface area contributed by atoms with Crippen molar-refractivity contribution in [1.29, 1.82) is 0 Å². The Hall–Kier alpha value is -1.36. The summed E-state index contributed by atoms with van der Waals surface area (Å²) in [6, 6.07) is 1.42. The minimum Gasteiger partial charge on any atom is -0.351 e. The van der Waals surface area contributed by atoms with E-state index < -0.39 is 0 Å². The highest BCUT2D eigenvalue weighted by Gasteiger charge is 2.10. The van der Waals surface area contributed by atoms with Gasteiger partial charge in [-0.1, -0.05) is 28.3 Å². The van der Waals surface area contributed by atoms with Crippen LogP contribution in [0.2, 0.25) is 10.2 Å².